The monoisotopic (exact) mass is 515 g/mol. The second-order valence-corrected chi connectivity index (χ2v) is 4.97. The number of rotatable bonds is 3. The summed E-state index contributed by atoms with van der Waals surface area (Å²) in [5.41, 5.74) is 0.660. The maximum absolute atomic E-state index is 10.6. The van der Waals surface area contributed by atoms with Gasteiger partial charge in [-0.2, -0.15) is 0 Å². The normalized spacial score (nSPS) is 8.57. The summed E-state index contributed by atoms with van der Waals surface area (Å²) in [5, 5.41) is 31.9. The van der Waals surface area contributed by atoms with Crippen molar-refractivity contribution in [2.24, 2.45) is 0 Å². The van der Waals surface area contributed by atoms with E-state index in [1.807, 2.05) is 0 Å². The van der Waals surface area contributed by atoms with Crippen molar-refractivity contribution >= 4 is 18.9 Å². The van der Waals surface area contributed by atoms with Gasteiger partial charge in [-0.15, -0.1) is 0 Å². The van der Waals surface area contributed by atoms with Crippen molar-refractivity contribution in [1.82, 2.24) is 0 Å². The number of aldehydes is 3. The van der Waals surface area contributed by atoms with E-state index in [9.17, 15) is 29.7 Å². The van der Waals surface area contributed by atoms with Crippen molar-refractivity contribution in [3.63, 3.8) is 0 Å². The Bertz CT molecular complexity index is 778. The fraction of sp³-hybridized carbons (Fsp3) is 0. The van der Waals surface area contributed by atoms with Crippen LogP contribution in [0.5, 0.6) is 17.2 Å². The molecule has 0 saturated carbocycles. The number of benzene rings is 3. The zero-order valence-electron chi connectivity index (χ0n) is 14.5. The number of carbonyl (C=O) groups excluding carboxylic acids is 3. The molecule has 7 heteroatoms. The number of hydrogen-bond donors (Lipinski definition) is 0. The van der Waals surface area contributed by atoms with Crippen molar-refractivity contribution in [1.29, 1.82) is 0 Å². The number of hydrogen-bond acceptors (Lipinski definition) is 6. The number of carbonyl (C=O) groups is 3. The molecule has 0 fully saturated rings. The van der Waals surface area contributed by atoms with Crippen LogP contribution in [0.25, 0.3) is 0 Å². The van der Waals surface area contributed by atoms with Gasteiger partial charge in [0.1, 0.15) is 18.9 Å². The van der Waals surface area contributed by atoms with Gasteiger partial charge in [0.15, 0.2) is 0 Å². The summed E-state index contributed by atoms with van der Waals surface area (Å²) in [6, 6.07) is 18.4. The molecule has 0 bridgehead atoms. The summed E-state index contributed by atoms with van der Waals surface area (Å²) in [6.45, 7) is 0. The van der Waals surface area contributed by atoms with Gasteiger partial charge in [-0.3, -0.25) is 14.4 Å². The van der Waals surface area contributed by atoms with Crippen molar-refractivity contribution in [3.05, 3.63) is 89.5 Å². The fourth-order valence-electron chi connectivity index (χ4n) is 1.73. The van der Waals surface area contributed by atoms with Crippen molar-refractivity contribution in [2.45, 2.75) is 0 Å². The summed E-state index contributed by atoms with van der Waals surface area (Å²) in [7, 11) is 0. The molecule has 3 aromatic rings. The molecule has 0 unspecified atom stereocenters. The molecule has 6 nitrogen and oxygen atoms in total. The molecule has 141 valence electrons. The molecule has 3 aromatic carbocycles. The summed E-state index contributed by atoms with van der Waals surface area (Å²) in [5.74, 6) is -0.646. The summed E-state index contributed by atoms with van der Waals surface area (Å²) >= 11 is 0. The van der Waals surface area contributed by atoms with Gasteiger partial charge < -0.3 is 15.3 Å². The third kappa shape index (κ3) is 8.87. The molecule has 0 N–H and O–H groups in total. The quantitative estimate of drug-likeness (QED) is 0.492. The zero-order chi connectivity index (χ0) is 20.1. The standard InChI is InChI=1S/3C7H6O2.Sm/c3*8-5-6-3-1-2-4-7(6)9;/h3*1-5,9H;/q;;;+3/p-3. The third-order valence-electron chi connectivity index (χ3n) is 3.14. The van der Waals surface area contributed by atoms with E-state index in [1.54, 1.807) is 36.4 Å². The molecular weight excluding hydrogens is 499 g/mol. The maximum Gasteiger partial charge on any atom is 3.00 e. The van der Waals surface area contributed by atoms with Crippen LogP contribution >= 0.6 is 0 Å². The predicted octanol–water partition coefficient (Wildman–Crippen LogP) is 1.72. The zero-order valence-corrected chi connectivity index (χ0v) is 17.1. The Kier molecular flexibility index (Phi) is 13.1. The molecular formula is C21H15O6Sm. The summed E-state index contributed by atoms with van der Waals surface area (Å²) in [6.07, 6.45) is 1.67. The molecule has 0 saturated heterocycles. The van der Waals surface area contributed by atoms with E-state index in [0.29, 0.717) is 18.9 Å². The average molecular weight is 514 g/mol. The minimum absolute atomic E-state index is 0. The van der Waals surface area contributed by atoms with Gasteiger partial charge in [0.25, 0.3) is 0 Å². The van der Waals surface area contributed by atoms with Gasteiger partial charge >= 0.3 is 40.4 Å². The van der Waals surface area contributed by atoms with Gasteiger partial charge in [0, 0.05) is 16.7 Å². The van der Waals surface area contributed by atoms with E-state index in [-0.39, 0.29) is 74.3 Å². The molecule has 0 heterocycles. The van der Waals surface area contributed by atoms with Crippen LogP contribution in [0.2, 0.25) is 0 Å². The SMILES string of the molecule is O=Cc1ccccc1[O-].O=Cc1ccccc1[O-].O=Cc1ccccc1[O-].[Sm+3]. The second-order valence-electron chi connectivity index (χ2n) is 4.97. The van der Waals surface area contributed by atoms with Gasteiger partial charge in [-0.05, 0) is 0 Å². The van der Waals surface area contributed by atoms with E-state index in [1.165, 1.54) is 36.4 Å². The molecule has 0 amide bonds. The Labute approximate surface area is 194 Å². The maximum atomic E-state index is 10.6. The van der Waals surface area contributed by atoms with Crippen LogP contribution in [0.1, 0.15) is 31.1 Å². The van der Waals surface area contributed by atoms with Crippen LogP contribution < -0.4 is 15.3 Å². The van der Waals surface area contributed by atoms with Gasteiger partial charge in [-0.1, -0.05) is 90.0 Å². The topological polar surface area (TPSA) is 120 Å². The molecule has 0 aliphatic heterocycles. The molecule has 0 aliphatic carbocycles. The molecule has 0 aromatic heterocycles. The first-order valence-electron chi connectivity index (χ1n) is 7.67. The predicted molar refractivity (Wildman–Crippen MR) is 93.8 cm³/mol. The van der Waals surface area contributed by atoms with E-state index in [4.69, 9.17) is 0 Å². The Hall–Kier alpha value is -2.59. The van der Waals surface area contributed by atoms with Crippen LogP contribution in [-0.4, -0.2) is 18.9 Å². The third-order valence-corrected chi connectivity index (χ3v) is 3.14. The molecule has 0 atom stereocenters. The molecule has 28 heavy (non-hydrogen) atoms. The smallest absolute Gasteiger partial charge is 0.872 e. The van der Waals surface area contributed by atoms with Crippen LogP contribution in [0, 0.1) is 40.4 Å². The van der Waals surface area contributed by atoms with Gasteiger partial charge in [0.2, 0.25) is 0 Å². The van der Waals surface area contributed by atoms with Gasteiger partial charge in [-0.25, -0.2) is 0 Å². The fourth-order valence-corrected chi connectivity index (χ4v) is 1.73. The van der Waals surface area contributed by atoms with E-state index < -0.39 is 0 Å². The minimum atomic E-state index is -0.215. The van der Waals surface area contributed by atoms with E-state index in [0.717, 1.165) is 0 Å². The largest absolute Gasteiger partial charge is 3.00 e. The van der Waals surface area contributed by atoms with Crippen LogP contribution in [0.3, 0.4) is 0 Å². The second kappa shape index (κ2) is 14.5. The summed E-state index contributed by atoms with van der Waals surface area (Å²) in [4.78, 5) is 30.1. The molecule has 3 rings (SSSR count). The van der Waals surface area contributed by atoms with E-state index in [2.05, 4.69) is 0 Å². The van der Waals surface area contributed by atoms with Crippen molar-refractivity contribution < 1.29 is 70.1 Å². The Balaban J connectivity index is 0.000000384. The minimum Gasteiger partial charge on any atom is -0.872 e. The van der Waals surface area contributed by atoms with Crippen LogP contribution in [0.15, 0.2) is 72.8 Å². The number of para-hydroxylation sites is 3. The molecule has 0 aliphatic rings. The Morgan fingerprint density at radius 3 is 0.821 bits per heavy atom. The summed E-state index contributed by atoms with van der Waals surface area (Å²) < 4.78 is 0. The molecule has 1 radical (unpaired) electrons. The van der Waals surface area contributed by atoms with E-state index >= 15 is 0 Å². The van der Waals surface area contributed by atoms with Crippen LogP contribution in [-0.2, 0) is 0 Å². The first kappa shape index (κ1) is 25.4. The first-order chi connectivity index (χ1) is 13.0. The average Bonchev–Trinajstić information content (AvgIpc) is 2.70. The van der Waals surface area contributed by atoms with Crippen LogP contribution in [0.4, 0.5) is 0 Å². The van der Waals surface area contributed by atoms with Crippen molar-refractivity contribution in [2.75, 3.05) is 0 Å². The van der Waals surface area contributed by atoms with Crippen molar-refractivity contribution in [3.8, 4) is 17.2 Å². The molecule has 0 spiro atoms. The van der Waals surface area contributed by atoms with Gasteiger partial charge in [0.05, 0.1) is 0 Å². The Morgan fingerprint density at radius 2 is 0.679 bits per heavy atom. The Morgan fingerprint density at radius 1 is 0.464 bits per heavy atom. The first-order valence-corrected chi connectivity index (χ1v) is 7.67.